The largest absolute Gasteiger partial charge is 0.273 e. The molecule has 0 spiro atoms. The van der Waals surface area contributed by atoms with Crippen LogP contribution in [0.3, 0.4) is 0 Å². The summed E-state index contributed by atoms with van der Waals surface area (Å²) in [5, 5.41) is 10.7. The molecule has 0 saturated heterocycles. The van der Waals surface area contributed by atoms with Crippen LogP contribution in [0.15, 0.2) is 24.3 Å². The molecule has 4 aliphatic rings. The molecule has 1 aromatic rings. The summed E-state index contributed by atoms with van der Waals surface area (Å²) in [6.07, 6.45) is 6.54. The first-order chi connectivity index (χ1) is 11.9. The van der Waals surface area contributed by atoms with Crippen molar-refractivity contribution in [3.8, 4) is 0 Å². The Labute approximate surface area is 145 Å². The Bertz CT molecular complexity index is 693. The average Bonchev–Trinajstić information content (AvgIpc) is 2.58. The van der Waals surface area contributed by atoms with Crippen molar-refractivity contribution in [1.82, 2.24) is 10.9 Å². The Morgan fingerprint density at radius 2 is 1.48 bits per heavy atom. The number of rotatable bonds is 3. The van der Waals surface area contributed by atoms with Crippen molar-refractivity contribution in [2.45, 2.75) is 38.5 Å². The minimum absolute atomic E-state index is 0.0749. The maximum atomic E-state index is 12.8. The van der Waals surface area contributed by atoms with E-state index in [0.29, 0.717) is 17.8 Å². The van der Waals surface area contributed by atoms with Crippen LogP contribution in [0, 0.1) is 33.3 Å². The number of hydrogen-bond donors (Lipinski definition) is 2. The Hall–Kier alpha value is -2.44. The van der Waals surface area contributed by atoms with Gasteiger partial charge in [-0.05, 0) is 68.4 Å². The highest BCUT2D eigenvalue weighted by molar-refractivity contribution is 5.96. The van der Waals surface area contributed by atoms with Gasteiger partial charge in [0.05, 0.1) is 10.3 Å². The van der Waals surface area contributed by atoms with Crippen LogP contribution in [0.1, 0.15) is 48.9 Å². The quantitative estimate of drug-likeness (QED) is 0.650. The van der Waals surface area contributed by atoms with Gasteiger partial charge in [-0.3, -0.25) is 30.6 Å². The fourth-order valence-corrected chi connectivity index (χ4v) is 5.44. The number of carbonyl (C=O) groups excluding carboxylic acids is 2. The predicted octanol–water partition coefficient (Wildman–Crippen LogP) is 2.57. The van der Waals surface area contributed by atoms with E-state index in [1.807, 2.05) is 0 Å². The molecule has 1 aromatic carbocycles. The number of carbonyl (C=O) groups is 2. The third-order valence-corrected chi connectivity index (χ3v) is 6.15. The molecule has 4 aliphatic carbocycles. The number of hydrazine groups is 1. The number of nitro benzene ring substituents is 1. The van der Waals surface area contributed by atoms with E-state index >= 15 is 0 Å². The monoisotopic (exact) mass is 343 g/mol. The van der Waals surface area contributed by atoms with Gasteiger partial charge in [-0.2, -0.15) is 0 Å². The van der Waals surface area contributed by atoms with E-state index in [9.17, 15) is 19.7 Å². The van der Waals surface area contributed by atoms with Crippen LogP contribution in [0.25, 0.3) is 0 Å². The SMILES string of the molecule is O=C(NNC(=O)C12CC3CC(CC(C3)C1)C2)c1ccc([N+](=O)[O-])cc1. The third-order valence-electron chi connectivity index (χ3n) is 6.15. The Kier molecular flexibility index (Phi) is 3.74. The maximum Gasteiger partial charge on any atom is 0.269 e. The van der Waals surface area contributed by atoms with Crippen LogP contribution in [0.5, 0.6) is 0 Å². The van der Waals surface area contributed by atoms with Crippen LogP contribution in [-0.2, 0) is 4.79 Å². The van der Waals surface area contributed by atoms with Crippen LogP contribution >= 0.6 is 0 Å². The van der Waals surface area contributed by atoms with Crippen molar-refractivity contribution >= 4 is 17.5 Å². The number of nitrogens with zero attached hydrogens (tertiary/aromatic N) is 1. The normalized spacial score (nSPS) is 32.2. The van der Waals surface area contributed by atoms with Crippen molar-refractivity contribution in [2.75, 3.05) is 0 Å². The molecule has 132 valence electrons. The fourth-order valence-electron chi connectivity index (χ4n) is 5.44. The first kappa shape index (κ1) is 16.1. The molecule has 0 radical (unpaired) electrons. The standard InChI is InChI=1S/C18H21N3O4/c22-16(14-1-3-15(4-2-14)21(24)25)19-20-17(23)18-8-11-5-12(9-18)7-13(6-11)10-18/h1-4,11-13H,5-10H2,(H,19,22)(H,20,23). The predicted molar refractivity (Wildman–Crippen MR) is 89.3 cm³/mol. The smallest absolute Gasteiger partial charge is 0.269 e. The number of nitro groups is 1. The summed E-state index contributed by atoms with van der Waals surface area (Å²) >= 11 is 0. The molecular weight excluding hydrogens is 322 g/mol. The highest BCUT2D eigenvalue weighted by Gasteiger charge is 2.54. The van der Waals surface area contributed by atoms with Gasteiger partial charge >= 0.3 is 0 Å². The molecule has 25 heavy (non-hydrogen) atoms. The number of non-ortho nitro benzene ring substituents is 1. The molecule has 0 atom stereocenters. The van der Waals surface area contributed by atoms with Crippen LogP contribution in [0.2, 0.25) is 0 Å². The van der Waals surface area contributed by atoms with E-state index in [1.165, 1.54) is 43.5 Å². The molecule has 4 saturated carbocycles. The molecule has 0 heterocycles. The summed E-state index contributed by atoms with van der Waals surface area (Å²) in [5.41, 5.74) is 4.94. The molecule has 0 aliphatic heterocycles. The van der Waals surface area contributed by atoms with E-state index in [-0.39, 0.29) is 22.6 Å². The molecule has 5 rings (SSSR count). The molecule has 7 nitrogen and oxygen atoms in total. The first-order valence-corrected chi connectivity index (χ1v) is 8.80. The Morgan fingerprint density at radius 3 is 1.96 bits per heavy atom. The van der Waals surface area contributed by atoms with Gasteiger partial charge in [0.15, 0.2) is 0 Å². The number of benzene rings is 1. The highest BCUT2D eigenvalue weighted by atomic mass is 16.6. The average molecular weight is 343 g/mol. The molecule has 0 unspecified atom stereocenters. The second kappa shape index (κ2) is 5.82. The lowest BCUT2D eigenvalue weighted by Gasteiger charge is -2.55. The summed E-state index contributed by atoms with van der Waals surface area (Å²) in [7, 11) is 0. The number of hydrogen-bond acceptors (Lipinski definition) is 4. The topological polar surface area (TPSA) is 101 Å². The minimum Gasteiger partial charge on any atom is -0.273 e. The van der Waals surface area contributed by atoms with Gasteiger partial charge in [-0.15, -0.1) is 0 Å². The van der Waals surface area contributed by atoms with Crippen molar-refractivity contribution in [3.05, 3.63) is 39.9 Å². The molecule has 0 aromatic heterocycles. The molecule has 2 amide bonds. The van der Waals surface area contributed by atoms with Gasteiger partial charge in [0, 0.05) is 17.7 Å². The molecule has 4 fully saturated rings. The van der Waals surface area contributed by atoms with Crippen molar-refractivity contribution in [2.24, 2.45) is 23.2 Å². The van der Waals surface area contributed by atoms with E-state index in [1.54, 1.807) is 0 Å². The number of amides is 2. The van der Waals surface area contributed by atoms with E-state index < -0.39 is 10.8 Å². The maximum absolute atomic E-state index is 12.8. The lowest BCUT2D eigenvalue weighted by molar-refractivity contribution is -0.384. The molecule has 7 heteroatoms. The van der Waals surface area contributed by atoms with E-state index in [2.05, 4.69) is 10.9 Å². The van der Waals surface area contributed by atoms with Crippen LogP contribution < -0.4 is 10.9 Å². The van der Waals surface area contributed by atoms with Gasteiger partial charge in [-0.25, -0.2) is 0 Å². The summed E-state index contributed by atoms with van der Waals surface area (Å²) in [4.78, 5) is 35.1. The minimum atomic E-state index is -0.517. The van der Waals surface area contributed by atoms with E-state index in [0.717, 1.165) is 19.3 Å². The number of nitrogens with one attached hydrogen (secondary N) is 2. The summed E-state index contributed by atoms with van der Waals surface area (Å²) in [5.74, 6) is 1.42. The lowest BCUT2D eigenvalue weighted by Crippen LogP contribution is -2.56. The Balaban J connectivity index is 1.38. The fraction of sp³-hybridized carbons (Fsp3) is 0.556. The second-order valence-electron chi connectivity index (χ2n) is 7.91. The van der Waals surface area contributed by atoms with Crippen molar-refractivity contribution in [1.29, 1.82) is 0 Å². The van der Waals surface area contributed by atoms with Crippen LogP contribution in [0.4, 0.5) is 5.69 Å². The second-order valence-corrected chi connectivity index (χ2v) is 7.91. The molecule has 4 bridgehead atoms. The zero-order valence-electron chi connectivity index (χ0n) is 13.9. The Morgan fingerprint density at radius 1 is 0.960 bits per heavy atom. The van der Waals surface area contributed by atoms with Crippen molar-refractivity contribution < 1.29 is 14.5 Å². The van der Waals surface area contributed by atoms with Gasteiger partial charge in [-0.1, -0.05) is 0 Å². The van der Waals surface area contributed by atoms with Gasteiger partial charge < -0.3 is 0 Å². The first-order valence-electron chi connectivity index (χ1n) is 8.80. The summed E-state index contributed by atoms with van der Waals surface area (Å²) in [6, 6.07) is 5.31. The van der Waals surface area contributed by atoms with Gasteiger partial charge in [0.2, 0.25) is 5.91 Å². The van der Waals surface area contributed by atoms with Gasteiger partial charge in [0.25, 0.3) is 11.6 Å². The highest BCUT2D eigenvalue weighted by Crippen LogP contribution is 2.60. The van der Waals surface area contributed by atoms with Crippen molar-refractivity contribution in [3.63, 3.8) is 0 Å². The zero-order valence-corrected chi connectivity index (χ0v) is 13.9. The lowest BCUT2D eigenvalue weighted by atomic mass is 9.49. The summed E-state index contributed by atoms with van der Waals surface area (Å²) in [6.45, 7) is 0. The molecule has 2 N–H and O–H groups in total. The summed E-state index contributed by atoms with van der Waals surface area (Å²) < 4.78 is 0. The molecular formula is C18H21N3O4. The van der Waals surface area contributed by atoms with Gasteiger partial charge in [0.1, 0.15) is 0 Å². The zero-order chi connectivity index (χ0) is 17.6. The van der Waals surface area contributed by atoms with E-state index in [4.69, 9.17) is 0 Å². The third kappa shape index (κ3) is 2.88. The van der Waals surface area contributed by atoms with Crippen LogP contribution in [-0.4, -0.2) is 16.7 Å².